The Hall–Kier alpha value is -3.68. The van der Waals surface area contributed by atoms with Gasteiger partial charge in [0, 0.05) is 11.6 Å². The van der Waals surface area contributed by atoms with E-state index in [1.165, 1.54) is 38.5 Å². The minimum Gasteiger partial charge on any atom is -0.504 e. The van der Waals surface area contributed by atoms with Crippen molar-refractivity contribution in [2.45, 2.75) is 12.2 Å². The molecule has 1 heterocycles. The fraction of sp³-hybridized carbons (Fsp3) is 0.200. The molecule has 0 aromatic heterocycles. The maximum Gasteiger partial charge on any atom is 0.351 e. The van der Waals surface area contributed by atoms with Crippen molar-refractivity contribution in [3.63, 3.8) is 0 Å². The van der Waals surface area contributed by atoms with E-state index >= 15 is 0 Å². The van der Waals surface area contributed by atoms with E-state index < -0.39 is 24.1 Å². The second-order valence-electron chi connectivity index (χ2n) is 5.91. The molecule has 1 aliphatic heterocycles. The average molecular weight is 386 g/mol. The first-order valence-electron chi connectivity index (χ1n) is 8.26. The number of methoxy groups -OCH3 is 2. The van der Waals surface area contributed by atoms with Crippen LogP contribution in [0.4, 0.5) is 0 Å². The van der Waals surface area contributed by atoms with Gasteiger partial charge in [-0.2, -0.15) is 0 Å². The van der Waals surface area contributed by atoms with Gasteiger partial charge in [-0.15, -0.1) is 0 Å². The number of phenols is 2. The molecular weight excluding hydrogens is 368 g/mol. The fourth-order valence-electron chi connectivity index (χ4n) is 2.70. The van der Waals surface area contributed by atoms with Crippen molar-refractivity contribution >= 4 is 18.0 Å². The number of rotatable bonds is 4. The molecule has 3 rings (SSSR count). The summed E-state index contributed by atoms with van der Waals surface area (Å²) in [6.07, 6.45) is 0.769. The van der Waals surface area contributed by atoms with Crippen LogP contribution in [0.1, 0.15) is 17.2 Å². The van der Waals surface area contributed by atoms with Crippen LogP contribution in [-0.2, 0) is 19.1 Å². The fourth-order valence-corrected chi connectivity index (χ4v) is 2.70. The number of carbonyl (C=O) groups is 2. The highest BCUT2D eigenvalue weighted by Crippen LogP contribution is 2.42. The Morgan fingerprint density at radius 2 is 1.75 bits per heavy atom. The van der Waals surface area contributed by atoms with Crippen LogP contribution >= 0.6 is 0 Å². The summed E-state index contributed by atoms with van der Waals surface area (Å²) in [6.45, 7) is 0. The molecule has 2 atom stereocenters. The van der Waals surface area contributed by atoms with E-state index in [-0.39, 0.29) is 11.5 Å². The van der Waals surface area contributed by atoms with Crippen molar-refractivity contribution in [2.75, 3.05) is 14.2 Å². The first-order chi connectivity index (χ1) is 13.4. The predicted molar refractivity (Wildman–Crippen MR) is 97.1 cm³/mol. The molecule has 8 nitrogen and oxygen atoms in total. The molecular formula is C20H18O8. The first kappa shape index (κ1) is 19.1. The van der Waals surface area contributed by atoms with Crippen molar-refractivity contribution in [1.29, 1.82) is 0 Å². The monoisotopic (exact) mass is 386 g/mol. The Bertz CT molecular complexity index is 934. The Morgan fingerprint density at radius 1 is 0.964 bits per heavy atom. The molecule has 0 amide bonds. The van der Waals surface area contributed by atoms with Gasteiger partial charge in [0.2, 0.25) is 6.10 Å². The summed E-state index contributed by atoms with van der Waals surface area (Å²) in [7, 11) is 2.51. The van der Waals surface area contributed by atoms with E-state index in [1.807, 2.05) is 0 Å². The Kier molecular flexibility index (Phi) is 5.39. The highest BCUT2D eigenvalue weighted by Gasteiger charge is 2.39. The summed E-state index contributed by atoms with van der Waals surface area (Å²) in [6, 6.07) is 8.99. The number of aromatic hydroxyl groups is 2. The van der Waals surface area contributed by atoms with E-state index in [4.69, 9.17) is 14.2 Å². The van der Waals surface area contributed by atoms with Gasteiger partial charge in [0.15, 0.2) is 29.1 Å². The van der Waals surface area contributed by atoms with Crippen molar-refractivity contribution in [3.05, 3.63) is 53.6 Å². The van der Waals surface area contributed by atoms with Crippen LogP contribution in [-0.4, -0.2) is 42.5 Å². The summed E-state index contributed by atoms with van der Waals surface area (Å²) < 4.78 is 21.1. The molecule has 28 heavy (non-hydrogen) atoms. The number of fused-ring (bicyclic) bond motifs is 1. The Labute approximate surface area is 160 Å². The minimum atomic E-state index is -1.11. The van der Waals surface area contributed by atoms with Crippen molar-refractivity contribution in [1.82, 2.24) is 0 Å². The number of phenolic OH excluding ortho intramolecular Hbond substituents is 2. The molecule has 0 bridgehead atoms. The summed E-state index contributed by atoms with van der Waals surface area (Å²) in [5.74, 6) is -1.15. The van der Waals surface area contributed by atoms with Crippen molar-refractivity contribution in [2.24, 2.45) is 0 Å². The zero-order valence-corrected chi connectivity index (χ0v) is 15.1. The SMILES string of the molecule is COC(=O)/C=C/c1ccc2c(c1)O[C@@H](c1ccc(O)c(O)c1)[C@H](C(=O)OC)O2. The molecule has 0 unspecified atom stereocenters. The smallest absolute Gasteiger partial charge is 0.351 e. The lowest BCUT2D eigenvalue weighted by Gasteiger charge is -2.32. The van der Waals surface area contributed by atoms with E-state index in [9.17, 15) is 19.8 Å². The van der Waals surface area contributed by atoms with Crippen LogP contribution < -0.4 is 9.47 Å². The van der Waals surface area contributed by atoms with Crippen LogP contribution in [0.2, 0.25) is 0 Å². The number of hydrogen-bond donors (Lipinski definition) is 2. The molecule has 0 aliphatic carbocycles. The highest BCUT2D eigenvalue weighted by atomic mass is 16.6. The lowest BCUT2D eigenvalue weighted by molar-refractivity contribution is -0.155. The lowest BCUT2D eigenvalue weighted by atomic mass is 10.0. The molecule has 146 valence electrons. The van der Waals surface area contributed by atoms with Crippen LogP contribution in [0.5, 0.6) is 23.0 Å². The summed E-state index contributed by atoms with van der Waals surface area (Å²) in [4.78, 5) is 23.4. The average Bonchev–Trinajstić information content (AvgIpc) is 2.72. The second-order valence-corrected chi connectivity index (χ2v) is 5.91. The first-order valence-corrected chi connectivity index (χ1v) is 8.26. The third-order valence-electron chi connectivity index (χ3n) is 4.13. The topological polar surface area (TPSA) is 112 Å². The van der Waals surface area contributed by atoms with E-state index in [1.54, 1.807) is 24.3 Å². The van der Waals surface area contributed by atoms with E-state index in [0.717, 1.165) is 0 Å². The van der Waals surface area contributed by atoms with Gasteiger partial charge in [-0.3, -0.25) is 0 Å². The molecule has 2 aromatic rings. The highest BCUT2D eigenvalue weighted by molar-refractivity contribution is 5.87. The van der Waals surface area contributed by atoms with Crippen LogP contribution in [0.15, 0.2) is 42.5 Å². The molecule has 0 radical (unpaired) electrons. The molecule has 2 N–H and O–H groups in total. The molecule has 1 aliphatic rings. The molecule has 0 saturated heterocycles. The number of carbonyl (C=O) groups excluding carboxylic acids is 2. The third-order valence-corrected chi connectivity index (χ3v) is 4.13. The van der Waals surface area contributed by atoms with Gasteiger partial charge in [0.05, 0.1) is 14.2 Å². The van der Waals surface area contributed by atoms with Gasteiger partial charge in [0.1, 0.15) is 0 Å². The predicted octanol–water partition coefficient (Wildman–Crippen LogP) is 2.34. The normalized spacial score (nSPS) is 17.9. The number of hydrogen-bond acceptors (Lipinski definition) is 8. The van der Waals surface area contributed by atoms with Gasteiger partial charge >= 0.3 is 11.9 Å². The molecule has 0 saturated carbocycles. The molecule has 8 heteroatoms. The number of esters is 2. The molecule has 0 fully saturated rings. The van der Waals surface area contributed by atoms with Crippen LogP contribution in [0, 0.1) is 0 Å². The van der Waals surface area contributed by atoms with Crippen LogP contribution in [0.3, 0.4) is 0 Å². The largest absolute Gasteiger partial charge is 0.504 e. The summed E-state index contributed by atoms with van der Waals surface area (Å²) >= 11 is 0. The van der Waals surface area contributed by atoms with Gasteiger partial charge in [-0.05, 0) is 35.9 Å². The Morgan fingerprint density at radius 3 is 2.43 bits per heavy atom. The minimum absolute atomic E-state index is 0.300. The quantitative estimate of drug-likeness (QED) is 0.468. The molecule has 2 aromatic carbocycles. The number of ether oxygens (including phenoxy) is 4. The van der Waals surface area contributed by atoms with Gasteiger partial charge < -0.3 is 29.2 Å². The maximum atomic E-state index is 12.2. The zero-order chi connectivity index (χ0) is 20.3. The third kappa shape index (κ3) is 3.85. The van der Waals surface area contributed by atoms with Crippen molar-refractivity contribution in [3.8, 4) is 23.0 Å². The van der Waals surface area contributed by atoms with Crippen LogP contribution in [0.25, 0.3) is 6.08 Å². The summed E-state index contributed by atoms with van der Waals surface area (Å²) in [5, 5.41) is 19.3. The standard InChI is InChI=1S/C20H18O8/c1-25-17(23)8-4-11-3-7-15-16(9-11)28-18(19(27-15)20(24)26-2)12-5-6-13(21)14(22)10-12/h3-10,18-19,21-22H,1-2H3/b8-4+/t18-,19+/m0/s1. The summed E-state index contributed by atoms with van der Waals surface area (Å²) in [5.41, 5.74) is 1.06. The van der Waals surface area contributed by atoms with Crippen molar-refractivity contribution < 1.29 is 38.7 Å². The van der Waals surface area contributed by atoms with E-state index in [2.05, 4.69) is 4.74 Å². The second kappa shape index (κ2) is 7.91. The molecule has 0 spiro atoms. The van der Waals surface area contributed by atoms with Gasteiger partial charge in [-0.25, -0.2) is 9.59 Å². The lowest BCUT2D eigenvalue weighted by Crippen LogP contribution is -2.40. The van der Waals surface area contributed by atoms with Gasteiger partial charge in [0.25, 0.3) is 0 Å². The Balaban J connectivity index is 1.97. The van der Waals surface area contributed by atoms with Gasteiger partial charge in [-0.1, -0.05) is 12.1 Å². The van der Waals surface area contributed by atoms with E-state index in [0.29, 0.717) is 22.6 Å². The zero-order valence-electron chi connectivity index (χ0n) is 15.1. The maximum absolute atomic E-state index is 12.2. The number of benzene rings is 2.